The summed E-state index contributed by atoms with van der Waals surface area (Å²) in [6, 6.07) is 14.5. The van der Waals surface area contributed by atoms with Crippen molar-refractivity contribution in [3.05, 3.63) is 48.0 Å². The summed E-state index contributed by atoms with van der Waals surface area (Å²) in [7, 11) is 1.70. The predicted molar refractivity (Wildman–Crippen MR) is 101 cm³/mol. The standard InChI is InChI=1S/C21H27NO3/c1-3-4-5-6-13-22(18-8-10-19(23-2)11-9-18)15-17-7-12-20-21(14-17)25-16-24-20/h7-12,14H,3-6,13,15-16H2,1-2H3. The van der Waals surface area contributed by atoms with Crippen LogP contribution in [-0.2, 0) is 6.54 Å². The van der Waals surface area contributed by atoms with Gasteiger partial charge in [0, 0.05) is 18.8 Å². The van der Waals surface area contributed by atoms with Gasteiger partial charge in [0.25, 0.3) is 0 Å². The molecule has 0 bridgehead atoms. The van der Waals surface area contributed by atoms with E-state index in [2.05, 4.69) is 36.1 Å². The molecule has 0 spiro atoms. The van der Waals surface area contributed by atoms with E-state index in [9.17, 15) is 0 Å². The third kappa shape index (κ3) is 4.59. The van der Waals surface area contributed by atoms with E-state index in [0.717, 1.165) is 30.3 Å². The van der Waals surface area contributed by atoms with Gasteiger partial charge in [-0.15, -0.1) is 0 Å². The van der Waals surface area contributed by atoms with E-state index in [0.29, 0.717) is 6.79 Å². The molecular weight excluding hydrogens is 314 g/mol. The Bertz CT molecular complexity index is 669. The summed E-state index contributed by atoms with van der Waals surface area (Å²) in [5.74, 6) is 2.57. The second kappa shape index (κ2) is 8.65. The van der Waals surface area contributed by atoms with Crippen LogP contribution in [0, 0.1) is 0 Å². The highest BCUT2D eigenvalue weighted by Gasteiger charge is 2.15. The first-order chi connectivity index (χ1) is 12.3. The molecule has 4 heteroatoms. The first-order valence-electron chi connectivity index (χ1n) is 9.07. The fraction of sp³-hybridized carbons (Fsp3) is 0.429. The Morgan fingerprint density at radius 2 is 1.76 bits per heavy atom. The molecule has 0 N–H and O–H groups in total. The summed E-state index contributed by atoms with van der Waals surface area (Å²) in [4.78, 5) is 2.42. The van der Waals surface area contributed by atoms with Gasteiger partial charge in [-0.3, -0.25) is 0 Å². The Hall–Kier alpha value is -2.36. The van der Waals surface area contributed by atoms with E-state index < -0.39 is 0 Å². The maximum atomic E-state index is 5.51. The highest BCUT2D eigenvalue weighted by Crippen LogP contribution is 2.33. The molecule has 4 nitrogen and oxygen atoms in total. The second-order valence-corrected chi connectivity index (χ2v) is 6.37. The van der Waals surface area contributed by atoms with E-state index in [1.165, 1.54) is 36.9 Å². The lowest BCUT2D eigenvalue weighted by molar-refractivity contribution is 0.174. The zero-order valence-corrected chi connectivity index (χ0v) is 15.2. The molecule has 134 valence electrons. The number of fused-ring (bicyclic) bond motifs is 1. The van der Waals surface area contributed by atoms with Gasteiger partial charge in [0.2, 0.25) is 6.79 Å². The minimum absolute atomic E-state index is 0.317. The third-order valence-corrected chi connectivity index (χ3v) is 4.53. The summed E-state index contributed by atoms with van der Waals surface area (Å²) in [5.41, 5.74) is 2.45. The minimum atomic E-state index is 0.317. The fourth-order valence-corrected chi connectivity index (χ4v) is 3.08. The van der Waals surface area contributed by atoms with Crippen molar-refractivity contribution in [1.29, 1.82) is 0 Å². The quantitative estimate of drug-likeness (QED) is 0.600. The number of rotatable bonds is 9. The van der Waals surface area contributed by atoms with Crippen LogP contribution in [-0.4, -0.2) is 20.4 Å². The average molecular weight is 341 g/mol. The van der Waals surface area contributed by atoms with E-state index in [-0.39, 0.29) is 0 Å². The lowest BCUT2D eigenvalue weighted by Crippen LogP contribution is -2.23. The number of benzene rings is 2. The van der Waals surface area contributed by atoms with Crippen molar-refractivity contribution in [2.75, 3.05) is 25.3 Å². The first-order valence-corrected chi connectivity index (χ1v) is 9.07. The molecule has 0 saturated carbocycles. The van der Waals surface area contributed by atoms with Crippen molar-refractivity contribution in [1.82, 2.24) is 0 Å². The zero-order valence-electron chi connectivity index (χ0n) is 15.2. The van der Waals surface area contributed by atoms with Crippen LogP contribution >= 0.6 is 0 Å². The van der Waals surface area contributed by atoms with Crippen molar-refractivity contribution >= 4 is 5.69 Å². The Kier molecular flexibility index (Phi) is 6.04. The third-order valence-electron chi connectivity index (χ3n) is 4.53. The average Bonchev–Trinajstić information content (AvgIpc) is 3.12. The van der Waals surface area contributed by atoms with Crippen LogP contribution in [0.3, 0.4) is 0 Å². The largest absolute Gasteiger partial charge is 0.497 e. The van der Waals surface area contributed by atoms with Gasteiger partial charge in [0.1, 0.15) is 5.75 Å². The van der Waals surface area contributed by atoms with Gasteiger partial charge in [-0.2, -0.15) is 0 Å². The Labute approximate surface area is 150 Å². The Morgan fingerprint density at radius 3 is 2.52 bits per heavy atom. The van der Waals surface area contributed by atoms with Crippen LogP contribution in [0.15, 0.2) is 42.5 Å². The van der Waals surface area contributed by atoms with E-state index in [1.54, 1.807) is 7.11 Å². The molecule has 1 heterocycles. The van der Waals surface area contributed by atoms with Crippen LogP contribution in [0.1, 0.15) is 38.2 Å². The summed E-state index contributed by atoms with van der Waals surface area (Å²) >= 11 is 0. The van der Waals surface area contributed by atoms with E-state index in [1.807, 2.05) is 18.2 Å². The van der Waals surface area contributed by atoms with Crippen molar-refractivity contribution in [3.63, 3.8) is 0 Å². The highest BCUT2D eigenvalue weighted by molar-refractivity contribution is 5.51. The number of methoxy groups -OCH3 is 1. The molecule has 0 unspecified atom stereocenters. The lowest BCUT2D eigenvalue weighted by Gasteiger charge is -2.25. The van der Waals surface area contributed by atoms with Crippen LogP contribution in [0.4, 0.5) is 5.69 Å². The van der Waals surface area contributed by atoms with Crippen LogP contribution in [0.25, 0.3) is 0 Å². The fourth-order valence-electron chi connectivity index (χ4n) is 3.08. The Morgan fingerprint density at radius 1 is 0.960 bits per heavy atom. The molecule has 0 aromatic heterocycles. The van der Waals surface area contributed by atoms with Gasteiger partial charge in [0.05, 0.1) is 7.11 Å². The van der Waals surface area contributed by atoms with Crippen LogP contribution in [0.2, 0.25) is 0 Å². The molecule has 1 aliphatic heterocycles. The topological polar surface area (TPSA) is 30.9 Å². The highest BCUT2D eigenvalue weighted by atomic mass is 16.7. The van der Waals surface area contributed by atoms with Gasteiger partial charge < -0.3 is 19.1 Å². The second-order valence-electron chi connectivity index (χ2n) is 6.37. The molecule has 0 radical (unpaired) electrons. The van der Waals surface area contributed by atoms with Gasteiger partial charge in [-0.1, -0.05) is 32.3 Å². The number of ether oxygens (including phenoxy) is 3. The number of hydrogen-bond donors (Lipinski definition) is 0. The van der Waals surface area contributed by atoms with Gasteiger partial charge in [0.15, 0.2) is 11.5 Å². The van der Waals surface area contributed by atoms with Crippen LogP contribution < -0.4 is 19.1 Å². The molecule has 0 saturated heterocycles. The normalized spacial score (nSPS) is 12.2. The summed E-state index contributed by atoms with van der Waals surface area (Å²) in [6.07, 6.45) is 5.01. The SMILES string of the molecule is CCCCCCN(Cc1ccc2c(c1)OCO2)c1ccc(OC)cc1. The summed E-state index contributed by atoms with van der Waals surface area (Å²) in [6.45, 7) is 4.46. The van der Waals surface area contributed by atoms with E-state index in [4.69, 9.17) is 14.2 Å². The molecule has 0 fully saturated rings. The number of unbranched alkanes of at least 4 members (excludes halogenated alkanes) is 3. The van der Waals surface area contributed by atoms with Crippen molar-refractivity contribution in [2.45, 2.75) is 39.2 Å². The van der Waals surface area contributed by atoms with Crippen molar-refractivity contribution < 1.29 is 14.2 Å². The molecule has 0 amide bonds. The van der Waals surface area contributed by atoms with Crippen molar-refractivity contribution in [3.8, 4) is 17.2 Å². The monoisotopic (exact) mass is 341 g/mol. The molecule has 0 aliphatic carbocycles. The van der Waals surface area contributed by atoms with E-state index >= 15 is 0 Å². The molecule has 2 aromatic carbocycles. The summed E-state index contributed by atoms with van der Waals surface area (Å²) < 4.78 is 16.2. The number of anilines is 1. The Balaban J connectivity index is 1.72. The number of hydrogen-bond acceptors (Lipinski definition) is 4. The molecule has 1 aliphatic rings. The minimum Gasteiger partial charge on any atom is -0.497 e. The summed E-state index contributed by atoms with van der Waals surface area (Å²) in [5, 5.41) is 0. The lowest BCUT2D eigenvalue weighted by atomic mass is 10.1. The smallest absolute Gasteiger partial charge is 0.231 e. The first kappa shape index (κ1) is 17.5. The zero-order chi connectivity index (χ0) is 17.5. The van der Waals surface area contributed by atoms with Gasteiger partial charge >= 0.3 is 0 Å². The molecule has 2 aromatic rings. The van der Waals surface area contributed by atoms with Crippen molar-refractivity contribution in [2.24, 2.45) is 0 Å². The van der Waals surface area contributed by atoms with Crippen LogP contribution in [0.5, 0.6) is 17.2 Å². The molecule has 25 heavy (non-hydrogen) atoms. The predicted octanol–water partition coefficient (Wildman–Crippen LogP) is 5.01. The molecule has 0 atom stereocenters. The molecule has 3 rings (SSSR count). The number of nitrogens with zero attached hydrogens (tertiary/aromatic N) is 1. The van der Waals surface area contributed by atoms with Gasteiger partial charge in [-0.05, 0) is 48.4 Å². The maximum absolute atomic E-state index is 5.51. The maximum Gasteiger partial charge on any atom is 0.231 e. The van der Waals surface area contributed by atoms with Gasteiger partial charge in [-0.25, -0.2) is 0 Å². The molecular formula is C21H27NO3.